The lowest BCUT2D eigenvalue weighted by Gasteiger charge is -2.17. The van der Waals surface area contributed by atoms with Gasteiger partial charge in [-0.3, -0.25) is 9.36 Å². The maximum atomic E-state index is 12.0. The van der Waals surface area contributed by atoms with Gasteiger partial charge in [0.1, 0.15) is 11.0 Å². The van der Waals surface area contributed by atoms with Gasteiger partial charge in [0.2, 0.25) is 0 Å². The Bertz CT molecular complexity index is 447. The van der Waals surface area contributed by atoms with Crippen LogP contribution >= 0.6 is 11.6 Å². The first-order valence-corrected chi connectivity index (χ1v) is 6.73. The fourth-order valence-corrected chi connectivity index (χ4v) is 2.75. The molecule has 3 nitrogen and oxygen atoms in total. The predicted molar refractivity (Wildman–Crippen MR) is 69.6 cm³/mol. The van der Waals surface area contributed by atoms with Crippen LogP contribution in [0.5, 0.6) is 0 Å². The first-order chi connectivity index (χ1) is 8.08. The summed E-state index contributed by atoms with van der Waals surface area (Å²) in [6.07, 6.45) is 5.04. The number of halogens is 1. The molecule has 0 aliphatic heterocycles. The van der Waals surface area contributed by atoms with E-state index in [2.05, 4.69) is 4.98 Å². The van der Waals surface area contributed by atoms with Crippen molar-refractivity contribution >= 4 is 11.6 Å². The van der Waals surface area contributed by atoms with Gasteiger partial charge in [0.05, 0.1) is 0 Å². The van der Waals surface area contributed by atoms with Crippen LogP contribution in [0.25, 0.3) is 0 Å². The van der Waals surface area contributed by atoms with E-state index >= 15 is 0 Å². The first kappa shape index (κ1) is 12.6. The summed E-state index contributed by atoms with van der Waals surface area (Å²) in [7, 11) is 0. The minimum Gasteiger partial charge on any atom is -0.296 e. The van der Waals surface area contributed by atoms with E-state index in [-0.39, 0.29) is 11.5 Å². The quantitative estimate of drug-likeness (QED) is 0.777. The van der Waals surface area contributed by atoms with Crippen molar-refractivity contribution in [3.63, 3.8) is 0 Å². The lowest BCUT2D eigenvalue weighted by molar-refractivity contribution is 0.427. The lowest BCUT2D eigenvalue weighted by Crippen LogP contribution is -2.27. The normalized spacial score (nSPS) is 16.9. The van der Waals surface area contributed by atoms with Crippen LogP contribution in [0.3, 0.4) is 0 Å². The van der Waals surface area contributed by atoms with Crippen molar-refractivity contribution in [2.24, 2.45) is 5.92 Å². The van der Waals surface area contributed by atoms with Crippen molar-refractivity contribution in [2.45, 2.75) is 52.0 Å². The molecule has 0 amide bonds. The zero-order valence-corrected chi connectivity index (χ0v) is 11.2. The van der Waals surface area contributed by atoms with Crippen LogP contribution < -0.4 is 5.56 Å². The number of hydrogen-bond donors (Lipinski definition) is 0. The molecule has 0 radical (unpaired) electrons. The van der Waals surface area contributed by atoms with E-state index in [4.69, 9.17) is 11.6 Å². The Hall–Kier alpha value is -0.830. The molecule has 1 heterocycles. The average Bonchev–Trinajstić information content (AvgIpc) is 2.74. The molecule has 0 bridgehead atoms. The van der Waals surface area contributed by atoms with Gasteiger partial charge in [0.15, 0.2) is 0 Å². The summed E-state index contributed by atoms with van der Waals surface area (Å²) >= 11 is 5.86. The standard InChI is InChI=1S/C13H19ClN2O/c1-9(2)13-15-11(14)7-12(17)16(13)8-10-5-3-4-6-10/h7,9-10H,3-6,8H2,1-2H3. The predicted octanol–water partition coefficient (Wildman–Crippen LogP) is 3.21. The Labute approximate surface area is 107 Å². The van der Waals surface area contributed by atoms with Crippen molar-refractivity contribution in [2.75, 3.05) is 0 Å². The lowest BCUT2D eigenvalue weighted by atomic mass is 10.1. The third kappa shape index (κ3) is 2.89. The van der Waals surface area contributed by atoms with E-state index in [0.717, 1.165) is 12.4 Å². The fraction of sp³-hybridized carbons (Fsp3) is 0.692. The Kier molecular flexibility index (Phi) is 3.87. The summed E-state index contributed by atoms with van der Waals surface area (Å²) in [6, 6.07) is 1.42. The Morgan fingerprint density at radius 2 is 2.12 bits per heavy atom. The van der Waals surface area contributed by atoms with Gasteiger partial charge in [-0.25, -0.2) is 4.98 Å². The van der Waals surface area contributed by atoms with Crippen LogP contribution in [0.4, 0.5) is 0 Å². The maximum absolute atomic E-state index is 12.0. The van der Waals surface area contributed by atoms with E-state index in [9.17, 15) is 4.79 Å². The Morgan fingerprint density at radius 3 is 2.71 bits per heavy atom. The summed E-state index contributed by atoms with van der Waals surface area (Å²) in [5.41, 5.74) is -0.0133. The van der Waals surface area contributed by atoms with Crippen molar-refractivity contribution in [3.8, 4) is 0 Å². The summed E-state index contributed by atoms with van der Waals surface area (Å²) in [5.74, 6) is 1.67. The van der Waals surface area contributed by atoms with Gasteiger partial charge < -0.3 is 0 Å². The van der Waals surface area contributed by atoms with Crippen LogP contribution in [0.1, 0.15) is 51.3 Å². The number of nitrogens with zero attached hydrogens (tertiary/aromatic N) is 2. The zero-order valence-electron chi connectivity index (χ0n) is 10.4. The van der Waals surface area contributed by atoms with Gasteiger partial charge in [-0.1, -0.05) is 38.3 Å². The molecule has 94 valence electrons. The van der Waals surface area contributed by atoms with E-state index in [0.29, 0.717) is 11.1 Å². The van der Waals surface area contributed by atoms with Gasteiger partial charge in [-0.15, -0.1) is 0 Å². The second kappa shape index (κ2) is 5.21. The van der Waals surface area contributed by atoms with Gasteiger partial charge in [-0.05, 0) is 18.8 Å². The minimum absolute atomic E-state index is 0.0133. The molecule has 1 fully saturated rings. The zero-order chi connectivity index (χ0) is 12.4. The van der Waals surface area contributed by atoms with Crippen molar-refractivity contribution in [3.05, 3.63) is 27.4 Å². The molecule has 17 heavy (non-hydrogen) atoms. The first-order valence-electron chi connectivity index (χ1n) is 6.35. The van der Waals surface area contributed by atoms with Crippen LogP contribution in [0, 0.1) is 5.92 Å². The highest BCUT2D eigenvalue weighted by atomic mass is 35.5. The number of aromatic nitrogens is 2. The number of hydrogen-bond acceptors (Lipinski definition) is 2. The van der Waals surface area contributed by atoms with Crippen LogP contribution in [-0.4, -0.2) is 9.55 Å². The largest absolute Gasteiger partial charge is 0.296 e. The molecule has 1 aromatic rings. The van der Waals surface area contributed by atoms with Gasteiger partial charge in [0, 0.05) is 18.5 Å². The maximum Gasteiger partial charge on any atom is 0.254 e. The Balaban J connectivity index is 2.33. The van der Waals surface area contributed by atoms with Gasteiger partial charge in [-0.2, -0.15) is 0 Å². The van der Waals surface area contributed by atoms with Crippen LogP contribution in [0.15, 0.2) is 10.9 Å². The van der Waals surface area contributed by atoms with Gasteiger partial charge in [0.25, 0.3) is 5.56 Å². The topological polar surface area (TPSA) is 34.9 Å². The molecule has 0 spiro atoms. The van der Waals surface area contributed by atoms with E-state index in [1.165, 1.54) is 31.7 Å². The molecule has 1 aliphatic carbocycles. The molecule has 2 rings (SSSR count). The van der Waals surface area contributed by atoms with Crippen molar-refractivity contribution in [1.29, 1.82) is 0 Å². The molecular weight excluding hydrogens is 236 g/mol. The molecule has 4 heteroatoms. The van der Waals surface area contributed by atoms with Crippen LogP contribution in [0.2, 0.25) is 5.15 Å². The molecular formula is C13H19ClN2O. The second-order valence-electron chi connectivity index (χ2n) is 5.19. The van der Waals surface area contributed by atoms with Crippen LogP contribution in [-0.2, 0) is 6.54 Å². The second-order valence-corrected chi connectivity index (χ2v) is 5.58. The van der Waals surface area contributed by atoms with E-state index in [1.807, 2.05) is 18.4 Å². The van der Waals surface area contributed by atoms with E-state index < -0.39 is 0 Å². The highest BCUT2D eigenvalue weighted by Crippen LogP contribution is 2.26. The molecule has 0 N–H and O–H groups in total. The fourth-order valence-electron chi connectivity index (χ4n) is 2.57. The molecule has 0 aromatic carbocycles. The summed E-state index contributed by atoms with van der Waals surface area (Å²) in [4.78, 5) is 16.3. The third-order valence-corrected chi connectivity index (χ3v) is 3.63. The molecule has 1 saturated carbocycles. The Morgan fingerprint density at radius 1 is 1.47 bits per heavy atom. The number of rotatable bonds is 3. The summed E-state index contributed by atoms with van der Waals surface area (Å²) < 4.78 is 1.81. The molecule has 0 atom stereocenters. The van der Waals surface area contributed by atoms with Crippen molar-refractivity contribution in [1.82, 2.24) is 9.55 Å². The monoisotopic (exact) mass is 254 g/mol. The average molecular weight is 255 g/mol. The molecule has 1 aromatic heterocycles. The smallest absolute Gasteiger partial charge is 0.254 e. The summed E-state index contributed by atoms with van der Waals surface area (Å²) in [6.45, 7) is 4.89. The molecule has 0 saturated heterocycles. The SMILES string of the molecule is CC(C)c1nc(Cl)cc(=O)n1CC1CCCC1. The highest BCUT2D eigenvalue weighted by molar-refractivity contribution is 6.29. The minimum atomic E-state index is -0.0133. The van der Waals surface area contributed by atoms with E-state index in [1.54, 1.807) is 0 Å². The van der Waals surface area contributed by atoms with Gasteiger partial charge >= 0.3 is 0 Å². The third-order valence-electron chi connectivity index (χ3n) is 3.44. The summed E-state index contributed by atoms with van der Waals surface area (Å²) in [5, 5.41) is 0.307. The highest BCUT2D eigenvalue weighted by Gasteiger charge is 2.19. The van der Waals surface area contributed by atoms with Crippen molar-refractivity contribution < 1.29 is 0 Å². The molecule has 0 unspecified atom stereocenters. The molecule has 1 aliphatic rings.